The molecule has 8 aliphatic carbocycles. The van der Waals surface area contributed by atoms with Crippen LogP contribution in [0.4, 0.5) is 17.1 Å². The third-order valence-corrected chi connectivity index (χ3v) is 15.7. The molecule has 0 radical (unpaired) electrons. The smallest absolute Gasteiger partial charge is 0.0543 e. The summed E-state index contributed by atoms with van der Waals surface area (Å²) < 4.78 is 0. The summed E-state index contributed by atoms with van der Waals surface area (Å²) in [6.45, 7) is 2.61. The Balaban J connectivity index is 1.08. The van der Waals surface area contributed by atoms with Gasteiger partial charge in [-0.1, -0.05) is 98.3 Å². The minimum atomic E-state index is 0.173. The van der Waals surface area contributed by atoms with Gasteiger partial charge in [0.25, 0.3) is 0 Å². The van der Waals surface area contributed by atoms with Gasteiger partial charge in [0.1, 0.15) is 0 Å². The maximum atomic E-state index is 2.61. The van der Waals surface area contributed by atoms with Gasteiger partial charge < -0.3 is 4.90 Å². The summed E-state index contributed by atoms with van der Waals surface area (Å²) in [6, 6.07) is 45.3. The summed E-state index contributed by atoms with van der Waals surface area (Å²) in [7, 11) is 0. The molecule has 6 fully saturated rings. The van der Waals surface area contributed by atoms with E-state index in [-0.39, 0.29) is 10.8 Å². The molecule has 6 bridgehead atoms. The minimum absolute atomic E-state index is 0.173. The number of hydrogen-bond acceptors (Lipinski definition) is 1. The molecular weight excluding hydrogens is 591 g/mol. The van der Waals surface area contributed by atoms with Crippen LogP contribution in [-0.2, 0) is 10.8 Å². The molecule has 8 aliphatic rings. The molecule has 1 heteroatoms. The average molecular weight is 636 g/mol. The first-order valence-corrected chi connectivity index (χ1v) is 19.5. The van der Waals surface area contributed by atoms with Crippen molar-refractivity contribution in [1.82, 2.24) is 0 Å². The van der Waals surface area contributed by atoms with E-state index in [2.05, 4.69) is 127 Å². The lowest BCUT2D eigenvalue weighted by molar-refractivity contribution is -0.0817. The van der Waals surface area contributed by atoms with Gasteiger partial charge in [-0.2, -0.15) is 0 Å². The second-order valence-corrected chi connectivity index (χ2v) is 17.3. The molecule has 1 nitrogen and oxygen atoms in total. The monoisotopic (exact) mass is 635 g/mol. The molecule has 0 aliphatic heterocycles. The number of para-hydroxylation sites is 1. The van der Waals surface area contributed by atoms with Crippen LogP contribution in [0.5, 0.6) is 0 Å². The van der Waals surface area contributed by atoms with Crippen molar-refractivity contribution in [2.45, 2.75) is 69.1 Å². The van der Waals surface area contributed by atoms with Crippen LogP contribution in [0.3, 0.4) is 0 Å². The van der Waals surface area contributed by atoms with Crippen LogP contribution in [0.25, 0.3) is 22.3 Å². The molecule has 13 rings (SSSR count). The van der Waals surface area contributed by atoms with Crippen LogP contribution in [0.15, 0.2) is 115 Å². The van der Waals surface area contributed by atoms with Gasteiger partial charge in [0, 0.05) is 27.8 Å². The maximum Gasteiger partial charge on any atom is 0.0543 e. The third kappa shape index (κ3) is 3.30. The highest BCUT2D eigenvalue weighted by molar-refractivity contribution is 5.96. The molecule has 242 valence electrons. The van der Waals surface area contributed by atoms with E-state index >= 15 is 0 Å². The molecule has 0 saturated heterocycles. The summed E-state index contributed by atoms with van der Waals surface area (Å²) in [4.78, 5) is 2.61. The number of benzene rings is 5. The van der Waals surface area contributed by atoms with Crippen LogP contribution in [0.1, 0.15) is 80.5 Å². The fourth-order valence-electron chi connectivity index (χ4n) is 14.2. The maximum absolute atomic E-state index is 2.61. The van der Waals surface area contributed by atoms with E-state index in [9.17, 15) is 0 Å². The van der Waals surface area contributed by atoms with Gasteiger partial charge in [0.15, 0.2) is 0 Å². The average Bonchev–Trinajstić information content (AvgIpc) is 3.90. The van der Waals surface area contributed by atoms with Gasteiger partial charge in [-0.3, -0.25) is 0 Å². The number of rotatable bonds is 3. The van der Waals surface area contributed by atoms with Crippen LogP contribution < -0.4 is 4.90 Å². The molecule has 0 heterocycles. The lowest BCUT2D eigenvalue weighted by atomic mass is 9.40. The number of nitrogens with zero attached hydrogens (tertiary/aromatic N) is 1. The van der Waals surface area contributed by atoms with E-state index < -0.39 is 0 Å². The molecule has 0 aromatic heterocycles. The first kappa shape index (κ1) is 27.7. The summed E-state index contributed by atoms with van der Waals surface area (Å²) in [6.07, 6.45) is 11.2. The molecule has 5 aromatic rings. The first-order chi connectivity index (χ1) is 24.2. The fourth-order valence-corrected chi connectivity index (χ4v) is 14.2. The van der Waals surface area contributed by atoms with Crippen LogP contribution in [0, 0.1) is 41.4 Å². The molecule has 0 N–H and O–H groups in total. The van der Waals surface area contributed by atoms with Crippen molar-refractivity contribution in [2.75, 3.05) is 4.90 Å². The minimum Gasteiger partial charge on any atom is -0.310 e. The highest BCUT2D eigenvalue weighted by Gasteiger charge is 2.64. The number of hydrogen-bond donors (Lipinski definition) is 0. The van der Waals surface area contributed by atoms with Crippen LogP contribution in [-0.4, -0.2) is 0 Å². The van der Waals surface area contributed by atoms with Gasteiger partial charge in [-0.05, 0) is 156 Å². The predicted octanol–water partition coefficient (Wildman–Crippen LogP) is 12.2. The SMILES string of the molecule is C[C@H]1C2CC3CC(C2)C2(c4ccccc4-c4cc(N(c5ccccc5)c5cccc6c5-c5ccccc5C65CC6CCC5C6)ccc42)C1C3. The van der Waals surface area contributed by atoms with E-state index in [0.717, 1.165) is 41.4 Å². The van der Waals surface area contributed by atoms with Crippen molar-refractivity contribution >= 4 is 17.1 Å². The van der Waals surface area contributed by atoms with E-state index in [1.54, 1.807) is 22.3 Å². The molecule has 8 unspecified atom stereocenters. The Morgan fingerprint density at radius 3 is 2.14 bits per heavy atom. The second-order valence-electron chi connectivity index (χ2n) is 17.3. The first-order valence-electron chi connectivity index (χ1n) is 19.5. The molecule has 5 aromatic carbocycles. The largest absolute Gasteiger partial charge is 0.310 e. The van der Waals surface area contributed by atoms with Gasteiger partial charge in [-0.15, -0.1) is 0 Å². The van der Waals surface area contributed by atoms with Gasteiger partial charge >= 0.3 is 0 Å². The van der Waals surface area contributed by atoms with Crippen molar-refractivity contribution in [3.05, 3.63) is 138 Å². The number of fused-ring (bicyclic) bond motifs is 11. The standard InChI is InChI=1S/C48H45N/c1-29-32-22-31-24-34(26-32)48(44(29)25-31)41-15-8-5-12-37(41)39-27-36(20-21-42(39)48)49(35-10-3-2-4-11-35)45-17-9-16-43-46(45)38-13-6-7-14-40(38)47(43)28-30-18-19-33(47)23-30/h2-17,20-21,27,29-34,44H,18-19,22-26,28H2,1H3/t29-,30?,31?,32?,33?,34?,44?,47?,48?/m0/s1. The second kappa shape index (κ2) is 9.57. The summed E-state index contributed by atoms with van der Waals surface area (Å²) in [5, 5.41) is 0. The topological polar surface area (TPSA) is 3.24 Å². The van der Waals surface area contributed by atoms with Crippen molar-refractivity contribution in [3.8, 4) is 22.3 Å². The zero-order valence-electron chi connectivity index (χ0n) is 28.6. The molecule has 9 atom stereocenters. The van der Waals surface area contributed by atoms with E-state index in [1.807, 2.05) is 0 Å². The third-order valence-electron chi connectivity index (χ3n) is 15.7. The Hall–Kier alpha value is -4.10. The molecule has 0 amide bonds. The van der Waals surface area contributed by atoms with Crippen molar-refractivity contribution in [1.29, 1.82) is 0 Å². The summed E-state index contributed by atoms with van der Waals surface area (Å²) in [5.41, 5.74) is 16.6. The van der Waals surface area contributed by atoms with Crippen molar-refractivity contribution in [3.63, 3.8) is 0 Å². The summed E-state index contributed by atoms with van der Waals surface area (Å²) in [5.74, 6) is 5.84. The Morgan fingerprint density at radius 1 is 0.551 bits per heavy atom. The Kier molecular flexibility index (Phi) is 5.41. The quantitative estimate of drug-likeness (QED) is 0.191. The summed E-state index contributed by atoms with van der Waals surface area (Å²) >= 11 is 0. The molecule has 2 spiro atoms. The Morgan fingerprint density at radius 2 is 1.31 bits per heavy atom. The fraction of sp³-hybridized carbons (Fsp3) is 0.375. The zero-order chi connectivity index (χ0) is 32.1. The van der Waals surface area contributed by atoms with Crippen molar-refractivity contribution < 1.29 is 0 Å². The Labute approximate surface area is 291 Å². The van der Waals surface area contributed by atoms with E-state index in [4.69, 9.17) is 0 Å². The lowest BCUT2D eigenvalue weighted by Gasteiger charge is -2.63. The normalized spacial score (nSPS) is 34.8. The van der Waals surface area contributed by atoms with E-state index in [0.29, 0.717) is 0 Å². The lowest BCUT2D eigenvalue weighted by Crippen LogP contribution is -2.58. The predicted molar refractivity (Wildman–Crippen MR) is 201 cm³/mol. The highest BCUT2D eigenvalue weighted by atomic mass is 15.1. The zero-order valence-corrected chi connectivity index (χ0v) is 28.6. The Bertz CT molecular complexity index is 2180. The molecule has 6 saturated carbocycles. The van der Waals surface area contributed by atoms with Gasteiger partial charge in [-0.25, -0.2) is 0 Å². The van der Waals surface area contributed by atoms with E-state index in [1.165, 1.54) is 90.7 Å². The van der Waals surface area contributed by atoms with Crippen molar-refractivity contribution in [2.24, 2.45) is 41.4 Å². The van der Waals surface area contributed by atoms with Gasteiger partial charge in [0.2, 0.25) is 0 Å². The molecular formula is C48H45N. The van der Waals surface area contributed by atoms with Crippen LogP contribution >= 0.6 is 0 Å². The molecule has 49 heavy (non-hydrogen) atoms. The highest BCUT2D eigenvalue weighted by Crippen LogP contribution is 2.71. The van der Waals surface area contributed by atoms with Crippen LogP contribution in [0.2, 0.25) is 0 Å². The number of anilines is 3. The van der Waals surface area contributed by atoms with Gasteiger partial charge in [0.05, 0.1) is 5.69 Å².